The van der Waals surface area contributed by atoms with E-state index in [1.807, 2.05) is 36.4 Å². The fraction of sp³-hybridized carbons (Fsp3) is 0.278. The standard InChI is InChI=1S/C18H19N5O2.ClH/c24-13-22-7-9-23(10-8-22)18-20-16-6-2-1-5-15(16)17(21-18)19-12-14-4-3-11-25-14;/h1-6,11,13H,7-10,12H2,(H,19,20,21);1H. The molecule has 1 aliphatic rings. The van der Waals surface area contributed by atoms with Gasteiger partial charge in [0.25, 0.3) is 0 Å². The van der Waals surface area contributed by atoms with Crippen molar-refractivity contribution in [3.8, 4) is 0 Å². The normalized spacial score (nSPS) is 14.2. The zero-order valence-corrected chi connectivity index (χ0v) is 15.0. The molecule has 136 valence electrons. The largest absolute Gasteiger partial charge is 0.467 e. The molecule has 1 amide bonds. The van der Waals surface area contributed by atoms with E-state index >= 15 is 0 Å². The maximum Gasteiger partial charge on any atom is 0.228 e. The summed E-state index contributed by atoms with van der Waals surface area (Å²) in [6.07, 6.45) is 2.56. The van der Waals surface area contributed by atoms with Gasteiger partial charge < -0.3 is 19.5 Å². The van der Waals surface area contributed by atoms with Crippen molar-refractivity contribution < 1.29 is 9.21 Å². The van der Waals surface area contributed by atoms with Gasteiger partial charge in [-0.2, -0.15) is 4.98 Å². The molecular formula is C18H20ClN5O2. The number of carbonyl (C=O) groups is 1. The van der Waals surface area contributed by atoms with Gasteiger partial charge in [-0.1, -0.05) is 12.1 Å². The Hall–Kier alpha value is -2.80. The fourth-order valence-electron chi connectivity index (χ4n) is 2.95. The Balaban J connectivity index is 0.00000196. The summed E-state index contributed by atoms with van der Waals surface area (Å²) < 4.78 is 5.38. The first-order valence-electron chi connectivity index (χ1n) is 8.31. The molecule has 0 spiro atoms. The van der Waals surface area contributed by atoms with Gasteiger partial charge in [-0.05, 0) is 24.3 Å². The lowest BCUT2D eigenvalue weighted by Gasteiger charge is -2.32. The first kappa shape index (κ1) is 18.0. The molecule has 1 aliphatic heterocycles. The highest BCUT2D eigenvalue weighted by atomic mass is 35.5. The summed E-state index contributed by atoms with van der Waals surface area (Å²) in [7, 11) is 0. The highest BCUT2D eigenvalue weighted by Gasteiger charge is 2.19. The van der Waals surface area contributed by atoms with Crippen LogP contribution in [0.3, 0.4) is 0 Å². The highest BCUT2D eigenvalue weighted by Crippen LogP contribution is 2.24. The molecule has 0 atom stereocenters. The first-order valence-corrected chi connectivity index (χ1v) is 8.31. The molecule has 0 saturated carbocycles. The third-order valence-corrected chi connectivity index (χ3v) is 4.35. The van der Waals surface area contributed by atoms with Crippen LogP contribution in [0.15, 0.2) is 47.1 Å². The van der Waals surface area contributed by atoms with Crippen LogP contribution >= 0.6 is 12.4 Å². The average Bonchev–Trinajstić information content (AvgIpc) is 3.19. The molecular weight excluding hydrogens is 354 g/mol. The van der Waals surface area contributed by atoms with Gasteiger partial charge in [-0.3, -0.25) is 4.79 Å². The van der Waals surface area contributed by atoms with Crippen molar-refractivity contribution >= 4 is 41.5 Å². The Morgan fingerprint density at radius 1 is 1.08 bits per heavy atom. The minimum absolute atomic E-state index is 0. The van der Waals surface area contributed by atoms with E-state index in [0.29, 0.717) is 25.6 Å². The molecule has 8 heteroatoms. The van der Waals surface area contributed by atoms with Crippen molar-refractivity contribution in [2.45, 2.75) is 6.54 Å². The molecule has 4 rings (SSSR count). The first-order chi connectivity index (χ1) is 12.3. The van der Waals surface area contributed by atoms with Gasteiger partial charge in [0.15, 0.2) is 0 Å². The van der Waals surface area contributed by atoms with Crippen LogP contribution < -0.4 is 10.2 Å². The number of nitrogens with one attached hydrogen (secondary N) is 1. The molecule has 0 unspecified atom stereocenters. The van der Waals surface area contributed by atoms with Gasteiger partial charge in [0.05, 0.1) is 18.3 Å². The van der Waals surface area contributed by atoms with Gasteiger partial charge in [-0.15, -0.1) is 12.4 Å². The molecule has 1 aromatic carbocycles. The number of anilines is 2. The van der Waals surface area contributed by atoms with E-state index in [-0.39, 0.29) is 12.4 Å². The van der Waals surface area contributed by atoms with Crippen molar-refractivity contribution in [2.75, 3.05) is 36.4 Å². The second-order valence-corrected chi connectivity index (χ2v) is 5.95. The van der Waals surface area contributed by atoms with Gasteiger partial charge >= 0.3 is 0 Å². The average molecular weight is 374 g/mol. The summed E-state index contributed by atoms with van der Waals surface area (Å²) in [6, 6.07) is 11.7. The van der Waals surface area contributed by atoms with E-state index in [1.165, 1.54) is 0 Å². The van der Waals surface area contributed by atoms with Crippen molar-refractivity contribution in [3.63, 3.8) is 0 Å². The van der Waals surface area contributed by atoms with Crippen LogP contribution in [0, 0.1) is 0 Å². The van der Waals surface area contributed by atoms with E-state index in [4.69, 9.17) is 14.4 Å². The van der Waals surface area contributed by atoms with Crippen molar-refractivity contribution in [3.05, 3.63) is 48.4 Å². The number of piperazine rings is 1. The van der Waals surface area contributed by atoms with E-state index in [2.05, 4.69) is 10.2 Å². The molecule has 0 aliphatic carbocycles. The monoisotopic (exact) mass is 373 g/mol. The van der Waals surface area contributed by atoms with E-state index in [1.54, 1.807) is 11.2 Å². The van der Waals surface area contributed by atoms with Crippen LogP contribution in [-0.4, -0.2) is 47.5 Å². The van der Waals surface area contributed by atoms with E-state index in [9.17, 15) is 4.79 Å². The van der Waals surface area contributed by atoms with Crippen molar-refractivity contribution in [1.29, 1.82) is 0 Å². The molecule has 1 N–H and O–H groups in total. The van der Waals surface area contributed by atoms with Crippen molar-refractivity contribution in [1.82, 2.24) is 14.9 Å². The number of carbonyl (C=O) groups excluding carboxylic acids is 1. The van der Waals surface area contributed by atoms with Crippen LogP contribution in [0.2, 0.25) is 0 Å². The zero-order chi connectivity index (χ0) is 17.1. The van der Waals surface area contributed by atoms with E-state index in [0.717, 1.165) is 42.0 Å². The maximum atomic E-state index is 10.9. The lowest BCUT2D eigenvalue weighted by molar-refractivity contribution is -0.118. The highest BCUT2D eigenvalue weighted by molar-refractivity contribution is 5.90. The lowest BCUT2D eigenvalue weighted by atomic mass is 10.2. The number of hydrogen-bond acceptors (Lipinski definition) is 6. The van der Waals surface area contributed by atoms with Gasteiger partial charge in [0, 0.05) is 31.6 Å². The third-order valence-electron chi connectivity index (χ3n) is 4.35. The second kappa shape index (κ2) is 8.05. The Morgan fingerprint density at radius 3 is 2.62 bits per heavy atom. The molecule has 0 bridgehead atoms. The van der Waals surface area contributed by atoms with Crippen LogP contribution in [0.1, 0.15) is 5.76 Å². The number of rotatable bonds is 5. The van der Waals surface area contributed by atoms with Gasteiger partial charge in [0.2, 0.25) is 12.4 Å². The Kier molecular flexibility index (Phi) is 5.58. The smallest absolute Gasteiger partial charge is 0.228 e. The third kappa shape index (κ3) is 3.72. The van der Waals surface area contributed by atoms with E-state index < -0.39 is 0 Å². The number of fused-ring (bicyclic) bond motifs is 1. The summed E-state index contributed by atoms with van der Waals surface area (Å²) in [5.74, 6) is 2.32. The van der Waals surface area contributed by atoms with Gasteiger partial charge in [-0.25, -0.2) is 4.98 Å². The minimum atomic E-state index is 0. The van der Waals surface area contributed by atoms with Gasteiger partial charge in [0.1, 0.15) is 11.6 Å². The molecule has 26 heavy (non-hydrogen) atoms. The lowest BCUT2D eigenvalue weighted by Crippen LogP contribution is -2.46. The van der Waals surface area contributed by atoms with Crippen molar-refractivity contribution in [2.24, 2.45) is 0 Å². The number of para-hydroxylation sites is 1. The number of furan rings is 1. The SMILES string of the molecule is Cl.O=CN1CCN(c2nc(NCc3ccco3)c3ccccc3n2)CC1. The number of nitrogens with zero attached hydrogens (tertiary/aromatic N) is 4. The summed E-state index contributed by atoms with van der Waals surface area (Å²) in [5, 5.41) is 4.33. The summed E-state index contributed by atoms with van der Waals surface area (Å²) in [6.45, 7) is 3.40. The second-order valence-electron chi connectivity index (χ2n) is 5.95. The molecule has 1 fully saturated rings. The quantitative estimate of drug-likeness (QED) is 0.693. The summed E-state index contributed by atoms with van der Waals surface area (Å²) in [5.41, 5.74) is 0.896. The number of aromatic nitrogens is 2. The molecule has 3 heterocycles. The van der Waals surface area contributed by atoms with Crippen LogP contribution in [0.25, 0.3) is 10.9 Å². The fourth-order valence-corrected chi connectivity index (χ4v) is 2.95. The number of benzene rings is 1. The summed E-state index contributed by atoms with van der Waals surface area (Å²) in [4.78, 5) is 24.2. The maximum absolute atomic E-state index is 10.9. The number of amides is 1. The van der Waals surface area contributed by atoms with Crippen LogP contribution in [-0.2, 0) is 11.3 Å². The summed E-state index contributed by atoms with van der Waals surface area (Å²) >= 11 is 0. The van der Waals surface area contributed by atoms with Crippen LogP contribution in [0.5, 0.6) is 0 Å². The Bertz CT molecular complexity index is 863. The Morgan fingerprint density at radius 2 is 1.88 bits per heavy atom. The predicted molar refractivity (Wildman–Crippen MR) is 103 cm³/mol. The number of halogens is 1. The topological polar surface area (TPSA) is 74.5 Å². The Labute approximate surface area is 157 Å². The predicted octanol–water partition coefficient (Wildman–Crippen LogP) is 2.54. The minimum Gasteiger partial charge on any atom is -0.467 e. The molecule has 2 aromatic heterocycles. The molecule has 7 nitrogen and oxygen atoms in total. The number of hydrogen-bond donors (Lipinski definition) is 1. The molecule has 0 radical (unpaired) electrons. The molecule has 3 aromatic rings. The molecule has 1 saturated heterocycles. The van der Waals surface area contributed by atoms with Crippen LogP contribution in [0.4, 0.5) is 11.8 Å². The zero-order valence-electron chi connectivity index (χ0n) is 14.2.